The van der Waals surface area contributed by atoms with Crippen LogP contribution in [0.25, 0.3) is 0 Å². The van der Waals surface area contributed by atoms with Crippen molar-refractivity contribution in [2.75, 3.05) is 19.6 Å². The van der Waals surface area contributed by atoms with Gasteiger partial charge in [0.1, 0.15) is 0 Å². The summed E-state index contributed by atoms with van der Waals surface area (Å²) in [5.41, 5.74) is 0.829. The van der Waals surface area contributed by atoms with Crippen LogP contribution in [0, 0.1) is 10.1 Å². The smallest absolute Gasteiger partial charge is 0.269 e. The van der Waals surface area contributed by atoms with Gasteiger partial charge in [0.05, 0.1) is 4.92 Å². The van der Waals surface area contributed by atoms with Gasteiger partial charge in [0.15, 0.2) is 0 Å². The van der Waals surface area contributed by atoms with Crippen LogP contribution in [0.5, 0.6) is 0 Å². The molecule has 1 N–H and O–H groups in total. The Labute approximate surface area is 125 Å². The van der Waals surface area contributed by atoms with Crippen molar-refractivity contribution in [1.82, 2.24) is 10.2 Å². The van der Waals surface area contributed by atoms with Crippen LogP contribution in [-0.4, -0.2) is 35.5 Å². The van der Waals surface area contributed by atoms with E-state index in [4.69, 9.17) is 11.6 Å². The van der Waals surface area contributed by atoms with Crippen molar-refractivity contribution in [3.8, 4) is 0 Å². The number of rotatable bonds is 8. The first kappa shape index (κ1) is 16.9. The van der Waals surface area contributed by atoms with Crippen LogP contribution in [0.4, 0.5) is 5.69 Å². The largest absolute Gasteiger partial charge is 0.309 e. The van der Waals surface area contributed by atoms with Crippen molar-refractivity contribution in [3.63, 3.8) is 0 Å². The van der Waals surface area contributed by atoms with E-state index in [0.29, 0.717) is 17.6 Å². The van der Waals surface area contributed by atoms with Crippen molar-refractivity contribution in [1.29, 1.82) is 0 Å². The summed E-state index contributed by atoms with van der Waals surface area (Å²) in [7, 11) is 0. The topological polar surface area (TPSA) is 58.4 Å². The maximum absolute atomic E-state index is 10.8. The molecule has 0 saturated heterocycles. The van der Waals surface area contributed by atoms with Gasteiger partial charge in [-0.05, 0) is 31.6 Å². The molecule has 0 spiro atoms. The average molecular weight is 300 g/mol. The summed E-state index contributed by atoms with van der Waals surface area (Å²) in [4.78, 5) is 12.7. The highest BCUT2D eigenvalue weighted by atomic mass is 35.5. The van der Waals surface area contributed by atoms with E-state index in [9.17, 15) is 10.1 Å². The third-order valence-electron chi connectivity index (χ3n) is 3.31. The zero-order valence-corrected chi connectivity index (χ0v) is 13.0. The fourth-order valence-corrected chi connectivity index (χ4v) is 2.21. The van der Waals surface area contributed by atoms with Gasteiger partial charge in [-0.15, -0.1) is 0 Å². The van der Waals surface area contributed by atoms with E-state index in [0.717, 1.165) is 25.2 Å². The predicted molar refractivity (Wildman–Crippen MR) is 82.2 cm³/mol. The van der Waals surface area contributed by atoms with E-state index in [1.807, 2.05) is 0 Å². The lowest BCUT2D eigenvalue weighted by Crippen LogP contribution is -2.38. The number of hydrogen-bond donors (Lipinski definition) is 1. The maximum atomic E-state index is 10.8. The summed E-state index contributed by atoms with van der Waals surface area (Å²) in [6.45, 7) is 9.87. The van der Waals surface area contributed by atoms with Gasteiger partial charge >= 0.3 is 0 Å². The number of nitro benzene ring substituents is 1. The Morgan fingerprint density at radius 1 is 1.40 bits per heavy atom. The molecule has 1 unspecified atom stereocenters. The van der Waals surface area contributed by atoms with Crippen molar-refractivity contribution in [2.45, 2.75) is 33.4 Å². The normalized spacial score (nSPS) is 12.7. The Kier molecular flexibility index (Phi) is 6.91. The molecule has 0 saturated carbocycles. The minimum atomic E-state index is -0.404. The molecule has 0 bridgehead atoms. The van der Waals surface area contributed by atoms with Crippen LogP contribution in [0.3, 0.4) is 0 Å². The highest BCUT2D eigenvalue weighted by molar-refractivity contribution is 6.31. The molecule has 1 aromatic rings. The summed E-state index contributed by atoms with van der Waals surface area (Å²) < 4.78 is 0. The molecule has 0 aliphatic carbocycles. The molecule has 0 amide bonds. The first-order chi connectivity index (χ1) is 9.47. The molecule has 0 heterocycles. The Morgan fingerprint density at radius 2 is 2.05 bits per heavy atom. The number of halogens is 1. The predicted octanol–water partition coefficient (Wildman–Crippen LogP) is 3.07. The maximum Gasteiger partial charge on any atom is 0.269 e. The Bertz CT molecular complexity index is 450. The van der Waals surface area contributed by atoms with Gasteiger partial charge < -0.3 is 10.2 Å². The molecule has 1 atom stereocenters. The zero-order chi connectivity index (χ0) is 15.1. The second-order valence-corrected chi connectivity index (χ2v) is 5.21. The summed E-state index contributed by atoms with van der Waals surface area (Å²) in [5.74, 6) is 0. The highest BCUT2D eigenvalue weighted by Crippen LogP contribution is 2.21. The van der Waals surface area contributed by atoms with Crippen molar-refractivity contribution < 1.29 is 4.92 Å². The lowest BCUT2D eigenvalue weighted by molar-refractivity contribution is -0.384. The Balaban J connectivity index is 2.60. The fourth-order valence-electron chi connectivity index (χ4n) is 2.03. The molecule has 1 aromatic carbocycles. The Hall–Kier alpha value is -1.17. The number of nitrogens with zero attached hydrogens (tertiary/aromatic N) is 2. The second kappa shape index (κ2) is 8.19. The SMILES string of the molecule is CCN(CC)CC(C)NCc1cc([N+](=O)[O-])ccc1Cl. The molecular formula is C14H22ClN3O2. The van der Waals surface area contributed by atoms with Crippen molar-refractivity contribution in [2.24, 2.45) is 0 Å². The fraction of sp³-hybridized carbons (Fsp3) is 0.571. The van der Waals surface area contributed by atoms with E-state index in [1.165, 1.54) is 12.1 Å². The van der Waals surface area contributed by atoms with E-state index >= 15 is 0 Å². The summed E-state index contributed by atoms with van der Waals surface area (Å²) in [6, 6.07) is 4.82. The minimum absolute atomic E-state index is 0.0718. The number of nitrogens with one attached hydrogen (secondary N) is 1. The van der Waals surface area contributed by atoms with Crippen molar-refractivity contribution in [3.05, 3.63) is 38.9 Å². The van der Waals surface area contributed by atoms with E-state index in [1.54, 1.807) is 6.07 Å². The molecule has 0 aliphatic rings. The van der Waals surface area contributed by atoms with Gasteiger partial charge in [-0.25, -0.2) is 0 Å². The number of non-ortho nitro benzene ring substituents is 1. The molecule has 0 fully saturated rings. The van der Waals surface area contributed by atoms with Crippen LogP contribution in [-0.2, 0) is 6.54 Å². The molecular weight excluding hydrogens is 278 g/mol. The van der Waals surface area contributed by atoms with Gasteiger partial charge in [-0.1, -0.05) is 25.4 Å². The first-order valence-corrected chi connectivity index (χ1v) is 7.24. The van der Waals surface area contributed by atoms with Crippen LogP contribution in [0.15, 0.2) is 18.2 Å². The third kappa shape index (κ3) is 5.07. The molecule has 112 valence electrons. The second-order valence-electron chi connectivity index (χ2n) is 4.80. The lowest BCUT2D eigenvalue weighted by Gasteiger charge is -2.23. The molecule has 5 nitrogen and oxygen atoms in total. The van der Waals surface area contributed by atoms with Crippen LogP contribution in [0.1, 0.15) is 26.3 Å². The molecule has 0 aliphatic heterocycles. The minimum Gasteiger partial charge on any atom is -0.309 e. The average Bonchev–Trinajstić information content (AvgIpc) is 2.43. The third-order valence-corrected chi connectivity index (χ3v) is 3.68. The quantitative estimate of drug-likeness (QED) is 0.592. The zero-order valence-electron chi connectivity index (χ0n) is 12.2. The van der Waals surface area contributed by atoms with Crippen LogP contribution in [0.2, 0.25) is 5.02 Å². The summed E-state index contributed by atoms with van der Waals surface area (Å²) in [5, 5.41) is 14.7. The van der Waals surface area contributed by atoms with E-state index < -0.39 is 4.92 Å². The lowest BCUT2D eigenvalue weighted by atomic mass is 10.2. The molecule has 1 rings (SSSR count). The van der Waals surface area contributed by atoms with Crippen LogP contribution < -0.4 is 5.32 Å². The summed E-state index contributed by atoms with van der Waals surface area (Å²) in [6.07, 6.45) is 0. The van der Waals surface area contributed by atoms with Gasteiger partial charge in [-0.2, -0.15) is 0 Å². The molecule has 20 heavy (non-hydrogen) atoms. The number of benzene rings is 1. The van der Waals surface area contributed by atoms with Gasteiger partial charge in [0.25, 0.3) is 5.69 Å². The monoisotopic (exact) mass is 299 g/mol. The van der Waals surface area contributed by atoms with Crippen molar-refractivity contribution >= 4 is 17.3 Å². The highest BCUT2D eigenvalue weighted by Gasteiger charge is 2.11. The van der Waals surface area contributed by atoms with Gasteiger partial charge in [0, 0.05) is 36.3 Å². The van der Waals surface area contributed by atoms with E-state index in [2.05, 4.69) is 31.0 Å². The molecule has 0 aromatic heterocycles. The number of likely N-dealkylation sites (N-methyl/N-ethyl adjacent to an activating group) is 1. The number of hydrogen-bond acceptors (Lipinski definition) is 4. The first-order valence-electron chi connectivity index (χ1n) is 6.86. The van der Waals surface area contributed by atoms with Gasteiger partial charge in [-0.3, -0.25) is 10.1 Å². The molecule has 0 radical (unpaired) electrons. The standard InChI is InChI=1S/C14H22ClN3O2/c1-4-17(5-2)10-11(3)16-9-12-8-13(18(19)20)6-7-14(12)15/h6-8,11,16H,4-5,9-10H2,1-3H3. The van der Waals surface area contributed by atoms with Crippen LogP contribution >= 0.6 is 11.6 Å². The Morgan fingerprint density at radius 3 is 2.60 bits per heavy atom. The molecule has 6 heteroatoms. The summed E-state index contributed by atoms with van der Waals surface area (Å²) >= 11 is 6.07. The van der Waals surface area contributed by atoms with E-state index in [-0.39, 0.29) is 5.69 Å². The number of nitro groups is 1. The van der Waals surface area contributed by atoms with Gasteiger partial charge in [0.2, 0.25) is 0 Å².